The van der Waals surface area contributed by atoms with Gasteiger partial charge in [-0.3, -0.25) is 0 Å². The van der Waals surface area contributed by atoms with Crippen molar-refractivity contribution in [2.24, 2.45) is 15.9 Å². The molecule has 12 heavy (non-hydrogen) atoms. The summed E-state index contributed by atoms with van der Waals surface area (Å²) < 4.78 is 4.91. The monoisotopic (exact) mass is 164 g/mol. The summed E-state index contributed by atoms with van der Waals surface area (Å²) in [5.41, 5.74) is 0.959. The molecule has 64 valence electrons. The Hall–Kier alpha value is -1.34. The van der Waals surface area contributed by atoms with E-state index in [1.54, 1.807) is 13.2 Å². The van der Waals surface area contributed by atoms with Crippen molar-refractivity contribution < 1.29 is 4.74 Å². The highest BCUT2D eigenvalue weighted by Crippen LogP contribution is 2.12. The Morgan fingerprint density at radius 3 is 2.83 bits per heavy atom. The van der Waals surface area contributed by atoms with Crippen LogP contribution in [0.25, 0.3) is 0 Å². The molecule has 1 rings (SSSR count). The van der Waals surface area contributed by atoms with E-state index in [9.17, 15) is 0 Å². The third kappa shape index (κ3) is 2.07. The van der Waals surface area contributed by atoms with E-state index in [0.29, 0.717) is 11.9 Å². The predicted octanol–water partition coefficient (Wildman–Crippen LogP) is 1.77. The molecule has 0 N–H and O–H groups in total. The lowest BCUT2D eigenvalue weighted by molar-refractivity contribution is 0.396. The van der Waals surface area contributed by atoms with E-state index in [-0.39, 0.29) is 0 Å². The molecule has 1 aliphatic heterocycles. The van der Waals surface area contributed by atoms with Gasteiger partial charge in [0, 0.05) is 11.8 Å². The SMILES string of the molecule is COC1=NC(C(C)C)=CC=C=N1. The number of hydrogen-bond acceptors (Lipinski definition) is 3. The fourth-order valence-electron chi connectivity index (χ4n) is 0.801. The number of methoxy groups -OCH3 is 1. The highest BCUT2D eigenvalue weighted by atomic mass is 16.5. The lowest BCUT2D eigenvalue weighted by Gasteiger charge is -2.04. The quantitative estimate of drug-likeness (QED) is 0.581. The molecule has 0 aliphatic carbocycles. The molecule has 0 fully saturated rings. The first-order valence-electron chi connectivity index (χ1n) is 3.86. The number of amidine groups is 1. The molecule has 1 heterocycles. The molecule has 0 atom stereocenters. The molecule has 0 spiro atoms. The Balaban J connectivity index is 2.93. The van der Waals surface area contributed by atoms with Gasteiger partial charge in [-0.25, -0.2) is 0 Å². The van der Waals surface area contributed by atoms with Gasteiger partial charge >= 0.3 is 6.02 Å². The Morgan fingerprint density at radius 2 is 2.25 bits per heavy atom. The maximum absolute atomic E-state index is 4.91. The minimum Gasteiger partial charge on any atom is -0.466 e. The summed E-state index contributed by atoms with van der Waals surface area (Å²) in [6.07, 6.45) is 3.63. The van der Waals surface area contributed by atoms with Gasteiger partial charge in [-0.05, 0) is 17.9 Å². The smallest absolute Gasteiger partial charge is 0.324 e. The first-order chi connectivity index (χ1) is 5.74. The molecule has 3 heteroatoms. The Bertz CT molecular complexity index is 281. The van der Waals surface area contributed by atoms with Gasteiger partial charge in [-0.15, -0.1) is 0 Å². The van der Waals surface area contributed by atoms with Crippen molar-refractivity contribution >= 4 is 11.9 Å². The lowest BCUT2D eigenvalue weighted by Crippen LogP contribution is -1.99. The van der Waals surface area contributed by atoms with Crippen LogP contribution in [0.5, 0.6) is 0 Å². The van der Waals surface area contributed by atoms with Crippen LogP contribution in [0.3, 0.4) is 0 Å². The second-order valence-corrected chi connectivity index (χ2v) is 2.75. The van der Waals surface area contributed by atoms with Crippen LogP contribution < -0.4 is 0 Å². The first kappa shape index (κ1) is 8.75. The van der Waals surface area contributed by atoms with Crippen LogP contribution in [0, 0.1) is 5.92 Å². The van der Waals surface area contributed by atoms with E-state index in [4.69, 9.17) is 4.74 Å². The summed E-state index contributed by atoms with van der Waals surface area (Å²) in [6.45, 7) is 4.14. The van der Waals surface area contributed by atoms with Crippen molar-refractivity contribution in [1.29, 1.82) is 0 Å². The highest BCUT2D eigenvalue weighted by Gasteiger charge is 2.04. The highest BCUT2D eigenvalue weighted by molar-refractivity contribution is 5.83. The van der Waals surface area contributed by atoms with Crippen LogP contribution in [-0.2, 0) is 4.74 Å². The average Bonchev–Trinajstić information content (AvgIpc) is 2.28. The molecule has 0 amide bonds. The van der Waals surface area contributed by atoms with E-state index in [0.717, 1.165) is 5.70 Å². The molecule has 0 aromatic heterocycles. The van der Waals surface area contributed by atoms with Crippen LogP contribution in [-0.4, -0.2) is 19.0 Å². The van der Waals surface area contributed by atoms with Gasteiger partial charge in [0.05, 0.1) is 7.11 Å². The predicted molar refractivity (Wildman–Crippen MR) is 49.4 cm³/mol. The summed E-state index contributed by atoms with van der Waals surface area (Å²) in [4.78, 5) is 8.03. The number of hydrogen-bond donors (Lipinski definition) is 0. The van der Waals surface area contributed by atoms with Gasteiger partial charge in [0.25, 0.3) is 0 Å². The molecule has 3 nitrogen and oxygen atoms in total. The van der Waals surface area contributed by atoms with Gasteiger partial charge in [-0.2, -0.15) is 9.98 Å². The largest absolute Gasteiger partial charge is 0.466 e. The molecule has 0 aromatic carbocycles. The number of aliphatic imine (C=N–C) groups is 2. The zero-order valence-corrected chi connectivity index (χ0v) is 7.53. The van der Waals surface area contributed by atoms with Crippen molar-refractivity contribution in [1.82, 2.24) is 0 Å². The molecule has 0 saturated carbocycles. The van der Waals surface area contributed by atoms with Crippen LogP contribution in [0.15, 0.2) is 27.8 Å². The van der Waals surface area contributed by atoms with E-state index in [1.165, 1.54) is 0 Å². The van der Waals surface area contributed by atoms with Crippen molar-refractivity contribution in [2.45, 2.75) is 13.8 Å². The van der Waals surface area contributed by atoms with Gasteiger partial charge < -0.3 is 4.74 Å². The minimum atomic E-state index is 0.365. The zero-order chi connectivity index (χ0) is 8.97. The van der Waals surface area contributed by atoms with E-state index in [1.807, 2.05) is 6.08 Å². The van der Waals surface area contributed by atoms with E-state index < -0.39 is 0 Å². The van der Waals surface area contributed by atoms with E-state index in [2.05, 4.69) is 29.7 Å². The summed E-state index contributed by atoms with van der Waals surface area (Å²) in [6, 6.07) is 0.365. The summed E-state index contributed by atoms with van der Waals surface area (Å²) in [7, 11) is 1.55. The average molecular weight is 164 g/mol. The van der Waals surface area contributed by atoms with Crippen molar-refractivity contribution in [3.8, 4) is 0 Å². The zero-order valence-electron chi connectivity index (χ0n) is 7.53. The Labute approximate surface area is 72.2 Å². The van der Waals surface area contributed by atoms with Crippen LogP contribution in [0.2, 0.25) is 0 Å². The molecule has 0 radical (unpaired) electrons. The van der Waals surface area contributed by atoms with Gasteiger partial charge in [-0.1, -0.05) is 13.8 Å². The van der Waals surface area contributed by atoms with Crippen molar-refractivity contribution in [3.63, 3.8) is 0 Å². The lowest BCUT2D eigenvalue weighted by atomic mass is 10.1. The Morgan fingerprint density at radius 1 is 1.50 bits per heavy atom. The normalized spacial score (nSPS) is 15.7. The topological polar surface area (TPSA) is 34.0 Å². The maximum Gasteiger partial charge on any atom is 0.324 e. The number of rotatable bonds is 1. The van der Waals surface area contributed by atoms with E-state index >= 15 is 0 Å². The second kappa shape index (κ2) is 3.88. The van der Waals surface area contributed by atoms with Gasteiger partial charge in [0.1, 0.15) is 0 Å². The van der Waals surface area contributed by atoms with Crippen molar-refractivity contribution in [2.75, 3.05) is 7.11 Å². The molecular weight excluding hydrogens is 152 g/mol. The number of ether oxygens (including phenoxy) is 1. The molecule has 1 aliphatic rings. The van der Waals surface area contributed by atoms with Crippen LogP contribution in [0.1, 0.15) is 13.8 Å². The molecule has 0 unspecified atom stereocenters. The third-order valence-corrected chi connectivity index (χ3v) is 1.49. The molecule has 0 saturated heterocycles. The number of nitrogens with zero attached hydrogens (tertiary/aromatic N) is 2. The van der Waals surface area contributed by atoms with Gasteiger partial charge in [0.15, 0.2) is 0 Å². The minimum absolute atomic E-state index is 0.365. The summed E-state index contributed by atoms with van der Waals surface area (Å²) in [5, 5.41) is 0. The first-order valence-corrected chi connectivity index (χ1v) is 3.86. The van der Waals surface area contributed by atoms with Crippen LogP contribution in [0.4, 0.5) is 0 Å². The standard InChI is InChI=1S/C9H12N2O/c1-7(2)8-5-4-6-10-9(11-8)12-3/h4-5,7H,1-3H3. The Kier molecular flexibility index (Phi) is 2.83. The summed E-state index contributed by atoms with van der Waals surface area (Å²) >= 11 is 0. The summed E-state index contributed by atoms with van der Waals surface area (Å²) in [5.74, 6) is 3.08. The molecule has 0 bridgehead atoms. The maximum atomic E-state index is 4.91. The molecule has 0 aromatic rings. The van der Waals surface area contributed by atoms with Crippen molar-refractivity contribution in [3.05, 3.63) is 17.8 Å². The fourth-order valence-corrected chi connectivity index (χ4v) is 0.801. The third-order valence-electron chi connectivity index (χ3n) is 1.49. The fraction of sp³-hybridized carbons (Fsp3) is 0.444. The molecular formula is C9H12N2O. The van der Waals surface area contributed by atoms with Crippen LogP contribution >= 0.6 is 0 Å². The number of allylic oxidation sites excluding steroid dienone is 3. The van der Waals surface area contributed by atoms with Gasteiger partial charge in [0.2, 0.25) is 0 Å². The second-order valence-electron chi connectivity index (χ2n) is 2.75.